The van der Waals surface area contributed by atoms with E-state index in [1.807, 2.05) is 25.1 Å². The summed E-state index contributed by atoms with van der Waals surface area (Å²) in [6.07, 6.45) is 0.709. The second-order valence-electron chi connectivity index (χ2n) is 6.02. The SMILES string of the molecule is CCNC(=NCc1ccc(OC)cc1OC)NCC1CCS(=O)(=O)C1. The minimum Gasteiger partial charge on any atom is -0.497 e. The molecule has 7 nitrogen and oxygen atoms in total. The molecule has 0 bridgehead atoms. The second-order valence-corrected chi connectivity index (χ2v) is 8.25. The number of hydrogen-bond acceptors (Lipinski definition) is 5. The zero-order valence-corrected chi connectivity index (χ0v) is 15.9. The number of benzene rings is 1. The van der Waals surface area contributed by atoms with Crippen LogP contribution in [0.3, 0.4) is 0 Å². The maximum atomic E-state index is 11.5. The minimum atomic E-state index is -2.86. The van der Waals surface area contributed by atoms with Crippen molar-refractivity contribution < 1.29 is 17.9 Å². The van der Waals surface area contributed by atoms with Crippen LogP contribution < -0.4 is 20.1 Å². The highest BCUT2D eigenvalue weighted by Gasteiger charge is 2.27. The van der Waals surface area contributed by atoms with Crippen molar-refractivity contribution in [3.63, 3.8) is 0 Å². The van der Waals surface area contributed by atoms with Gasteiger partial charge in [0.2, 0.25) is 0 Å². The summed E-state index contributed by atoms with van der Waals surface area (Å²) in [5.41, 5.74) is 0.948. The third-order valence-corrected chi connectivity index (χ3v) is 5.97. The maximum absolute atomic E-state index is 11.5. The van der Waals surface area contributed by atoms with Crippen LogP contribution in [0.5, 0.6) is 11.5 Å². The number of hydrogen-bond donors (Lipinski definition) is 2. The molecule has 1 fully saturated rings. The zero-order valence-electron chi connectivity index (χ0n) is 15.0. The standard InChI is InChI=1S/C17H27N3O4S/c1-4-18-17(19-10-13-7-8-25(21,22)12-13)20-11-14-5-6-15(23-2)9-16(14)24-3/h5-6,9,13H,4,7-8,10-12H2,1-3H3,(H2,18,19,20). The quantitative estimate of drug-likeness (QED) is 0.554. The molecule has 140 valence electrons. The van der Waals surface area contributed by atoms with Crippen LogP contribution in [-0.2, 0) is 16.4 Å². The molecule has 2 rings (SSSR count). The lowest BCUT2D eigenvalue weighted by Gasteiger charge is -2.15. The highest BCUT2D eigenvalue weighted by molar-refractivity contribution is 7.91. The van der Waals surface area contributed by atoms with Crippen LogP contribution >= 0.6 is 0 Å². The molecule has 1 aliphatic rings. The first-order valence-corrected chi connectivity index (χ1v) is 10.2. The third-order valence-electron chi connectivity index (χ3n) is 4.13. The van der Waals surface area contributed by atoms with Gasteiger partial charge in [-0.3, -0.25) is 0 Å². The van der Waals surface area contributed by atoms with E-state index in [0.717, 1.165) is 23.6 Å². The fraction of sp³-hybridized carbons (Fsp3) is 0.588. The summed E-state index contributed by atoms with van der Waals surface area (Å²) in [7, 11) is 0.376. The fourth-order valence-electron chi connectivity index (χ4n) is 2.76. The Labute approximate surface area is 149 Å². The van der Waals surface area contributed by atoms with Crippen molar-refractivity contribution >= 4 is 15.8 Å². The van der Waals surface area contributed by atoms with Gasteiger partial charge in [0.15, 0.2) is 15.8 Å². The third kappa shape index (κ3) is 5.81. The number of rotatable bonds is 7. The molecule has 1 heterocycles. The number of methoxy groups -OCH3 is 2. The van der Waals surface area contributed by atoms with Crippen LogP contribution in [-0.4, -0.2) is 53.2 Å². The Hall–Kier alpha value is -1.96. The van der Waals surface area contributed by atoms with E-state index in [4.69, 9.17) is 9.47 Å². The van der Waals surface area contributed by atoms with Crippen molar-refractivity contribution in [1.82, 2.24) is 10.6 Å². The van der Waals surface area contributed by atoms with Gasteiger partial charge in [0, 0.05) is 24.7 Å². The average molecular weight is 369 g/mol. The Morgan fingerprint density at radius 1 is 1.28 bits per heavy atom. The maximum Gasteiger partial charge on any atom is 0.191 e. The van der Waals surface area contributed by atoms with Crippen LogP contribution in [0, 0.1) is 5.92 Å². The van der Waals surface area contributed by atoms with Crippen molar-refractivity contribution in [2.24, 2.45) is 10.9 Å². The van der Waals surface area contributed by atoms with Gasteiger partial charge in [0.05, 0.1) is 32.3 Å². The number of ether oxygens (including phenoxy) is 2. The van der Waals surface area contributed by atoms with E-state index in [2.05, 4.69) is 15.6 Å². The first-order chi connectivity index (χ1) is 12.0. The van der Waals surface area contributed by atoms with Crippen molar-refractivity contribution in [1.29, 1.82) is 0 Å². The van der Waals surface area contributed by atoms with Gasteiger partial charge in [0.1, 0.15) is 11.5 Å². The number of aliphatic imine (C=N–C) groups is 1. The molecule has 25 heavy (non-hydrogen) atoms. The summed E-state index contributed by atoms with van der Waals surface area (Å²) in [6, 6.07) is 5.62. The summed E-state index contributed by atoms with van der Waals surface area (Å²) in [5, 5.41) is 6.42. The molecule has 1 aliphatic heterocycles. The van der Waals surface area contributed by atoms with E-state index in [9.17, 15) is 8.42 Å². The summed E-state index contributed by atoms with van der Waals surface area (Å²) in [4.78, 5) is 4.57. The fourth-order valence-corrected chi connectivity index (χ4v) is 4.62. The number of nitrogens with one attached hydrogen (secondary N) is 2. The van der Waals surface area contributed by atoms with Crippen LogP contribution in [0.25, 0.3) is 0 Å². The average Bonchev–Trinajstić information content (AvgIpc) is 2.96. The molecule has 2 N–H and O–H groups in total. The van der Waals surface area contributed by atoms with Crippen molar-refractivity contribution in [2.75, 3.05) is 38.8 Å². The lowest BCUT2D eigenvalue weighted by atomic mass is 10.1. The molecule has 0 radical (unpaired) electrons. The number of nitrogens with zero attached hydrogens (tertiary/aromatic N) is 1. The Kier molecular flexibility index (Phi) is 6.92. The Morgan fingerprint density at radius 2 is 2.08 bits per heavy atom. The van der Waals surface area contributed by atoms with Crippen LogP contribution in [0.1, 0.15) is 18.9 Å². The van der Waals surface area contributed by atoms with Gasteiger partial charge in [-0.05, 0) is 31.4 Å². The van der Waals surface area contributed by atoms with Crippen molar-refractivity contribution in [3.05, 3.63) is 23.8 Å². The van der Waals surface area contributed by atoms with E-state index < -0.39 is 9.84 Å². The molecule has 0 saturated carbocycles. The zero-order chi connectivity index (χ0) is 18.3. The molecule has 1 aromatic rings. The molecule has 1 atom stereocenters. The van der Waals surface area contributed by atoms with E-state index in [-0.39, 0.29) is 17.4 Å². The lowest BCUT2D eigenvalue weighted by molar-refractivity contribution is 0.391. The molecule has 0 amide bonds. The molecule has 8 heteroatoms. The Morgan fingerprint density at radius 3 is 2.68 bits per heavy atom. The predicted octanol–water partition coefficient (Wildman–Crippen LogP) is 1.19. The first-order valence-electron chi connectivity index (χ1n) is 8.41. The van der Waals surface area contributed by atoms with Gasteiger partial charge in [-0.15, -0.1) is 0 Å². The summed E-state index contributed by atoms with van der Waals surface area (Å²) >= 11 is 0. The largest absolute Gasteiger partial charge is 0.497 e. The summed E-state index contributed by atoms with van der Waals surface area (Å²) in [5.74, 6) is 2.81. The number of guanidine groups is 1. The van der Waals surface area contributed by atoms with E-state index in [1.165, 1.54) is 0 Å². The van der Waals surface area contributed by atoms with Crippen LogP contribution in [0.4, 0.5) is 0 Å². The second kappa shape index (κ2) is 8.94. The molecule has 1 aromatic carbocycles. The van der Waals surface area contributed by atoms with E-state index >= 15 is 0 Å². The molecule has 0 aliphatic carbocycles. The Bertz CT molecular complexity index is 704. The molecule has 0 aromatic heterocycles. The molecule has 1 unspecified atom stereocenters. The summed E-state index contributed by atoms with van der Waals surface area (Å²) < 4.78 is 33.7. The monoisotopic (exact) mass is 369 g/mol. The van der Waals surface area contributed by atoms with Crippen molar-refractivity contribution in [3.8, 4) is 11.5 Å². The van der Waals surface area contributed by atoms with E-state index in [0.29, 0.717) is 25.5 Å². The topological polar surface area (TPSA) is 89.0 Å². The summed E-state index contributed by atoms with van der Waals surface area (Å²) in [6.45, 7) is 3.77. The van der Waals surface area contributed by atoms with Crippen molar-refractivity contribution in [2.45, 2.75) is 19.9 Å². The number of sulfone groups is 1. The first kappa shape index (κ1) is 19.4. The molecule has 1 saturated heterocycles. The Balaban J connectivity index is 1.99. The molecular weight excluding hydrogens is 342 g/mol. The molecular formula is C17H27N3O4S. The normalized spacial score (nSPS) is 19.5. The molecule has 0 spiro atoms. The van der Waals surface area contributed by atoms with Gasteiger partial charge in [0.25, 0.3) is 0 Å². The minimum absolute atomic E-state index is 0.143. The van der Waals surface area contributed by atoms with Gasteiger partial charge < -0.3 is 20.1 Å². The lowest BCUT2D eigenvalue weighted by Crippen LogP contribution is -2.40. The van der Waals surface area contributed by atoms with Crippen LogP contribution in [0.2, 0.25) is 0 Å². The van der Waals surface area contributed by atoms with Gasteiger partial charge >= 0.3 is 0 Å². The van der Waals surface area contributed by atoms with Crippen LogP contribution in [0.15, 0.2) is 23.2 Å². The predicted molar refractivity (Wildman–Crippen MR) is 99.1 cm³/mol. The van der Waals surface area contributed by atoms with Gasteiger partial charge in [-0.2, -0.15) is 0 Å². The van der Waals surface area contributed by atoms with Gasteiger partial charge in [-0.1, -0.05) is 0 Å². The van der Waals surface area contributed by atoms with E-state index in [1.54, 1.807) is 14.2 Å². The smallest absolute Gasteiger partial charge is 0.191 e. The highest BCUT2D eigenvalue weighted by Crippen LogP contribution is 2.25. The highest BCUT2D eigenvalue weighted by atomic mass is 32.2. The van der Waals surface area contributed by atoms with Gasteiger partial charge in [-0.25, -0.2) is 13.4 Å².